The van der Waals surface area contributed by atoms with E-state index in [9.17, 15) is 19.8 Å². The molecule has 2 N–H and O–H groups in total. The van der Waals surface area contributed by atoms with Gasteiger partial charge in [-0.1, -0.05) is 18.6 Å². The maximum absolute atomic E-state index is 13.0. The van der Waals surface area contributed by atoms with E-state index < -0.39 is 17.6 Å². The van der Waals surface area contributed by atoms with E-state index in [1.54, 1.807) is 24.1 Å². The molecule has 0 unspecified atom stereocenters. The minimum absolute atomic E-state index is 0.156. The quantitative estimate of drug-likeness (QED) is 0.626. The Kier molecular flexibility index (Phi) is 9.55. The van der Waals surface area contributed by atoms with Crippen LogP contribution in [0.2, 0.25) is 0 Å². The van der Waals surface area contributed by atoms with E-state index in [-0.39, 0.29) is 38.1 Å². The van der Waals surface area contributed by atoms with E-state index in [0.717, 1.165) is 25.9 Å². The number of ether oxygens (including phenoxy) is 3. The molecule has 2 atom stereocenters. The highest BCUT2D eigenvalue weighted by Gasteiger charge is 2.42. The van der Waals surface area contributed by atoms with E-state index in [2.05, 4.69) is 4.90 Å². The van der Waals surface area contributed by atoms with Crippen LogP contribution in [0.1, 0.15) is 38.5 Å². The maximum atomic E-state index is 13.0. The number of hydrogen-bond donors (Lipinski definition) is 2. The minimum Gasteiger partial charge on any atom is -0.493 e. The maximum Gasteiger partial charge on any atom is 0.312 e. The number of piperidine rings is 1. The minimum atomic E-state index is -1.20. The van der Waals surface area contributed by atoms with Crippen molar-refractivity contribution in [3.8, 4) is 11.5 Å². The Labute approximate surface area is 201 Å². The Hall–Kier alpha value is -2.36. The van der Waals surface area contributed by atoms with Crippen LogP contribution in [0.15, 0.2) is 24.3 Å². The van der Waals surface area contributed by atoms with Gasteiger partial charge in [0.05, 0.1) is 18.6 Å². The van der Waals surface area contributed by atoms with Gasteiger partial charge in [0, 0.05) is 13.1 Å². The summed E-state index contributed by atoms with van der Waals surface area (Å²) in [6.07, 6.45) is 1.47. The molecule has 1 aromatic rings. The highest BCUT2D eigenvalue weighted by Crippen LogP contribution is 2.38. The molecule has 0 bridgehead atoms. The van der Waals surface area contributed by atoms with Gasteiger partial charge in [-0.25, -0.2) is 0 Å². The van der Waals surface area contributed by atoms with E-state index in [1.807, 2.05) is 19.2 Å². The standard InChI is InChI=1S/C25H38N2O7/c1-26-15-11-25(12-16-26)10-5-6-13-27(14-9-19(28)20(29)17-34-24(25)31)23(30)18-33-22-8-4-3-7-21(22)32-2/h3-4,7-8,19-20,28-29H,5-6,9-18H2,1-2H3/t19-,20+/m0/s1. The second-order valence-corrected chi connectivity index (χ2v) is 9.38. The molecular formula is C25H38N2O7. The second-order valence-electron chi connectivity index (χ2n) is 9.38. The Morgan fingerprint density at radius 2 is 1.76 bits per heavy atom. The molecule has 2 saturated heterocycles. The molecule has 9 heteroatoms. The van der Waals surface area contributed by atoms with E-state index >= 15 is 0 Å². The number of carbonyl (C=O) groups is 2. The van der Waals surface area contributed by atoms with Gasteiger partial charge in [-0.3, -0.25) is 9.59 Å². The number of hydrogen-bond acceptors (Lipinski definition) is 8. The summed E-state index contributed by atoms with van der Waals surface area (Å²) >= 11 is 0. The van der Waals surface area contributed by atoms with Crippen LogP contribution in [0.3, 0.4) is 0 Å². The fourth-order valence-corrected chi connectivity index (χ4v) is 4.60. The molecule has 3 rings (SSSR count). The number of aliphatic hydroxyl groups is 2. The van der Waals surface area contributed by atoms with Crippen molar-refractivity contribution in [2.24, 2.45) is 5.41 Å². The van der Waals surface area contributed by atoms with Gasteiger partial charge < -0.3 is 34.2 Å². The number of nitrogens with zero attached hydrogens (tertiary/aromatic N) is 2. The van der Waals surface area contributed by atoms with Crippen molar-refractivity contribution in [1.82, 2.24) is 9.80 Å². The summed E-state index contributed by atoms with van der Waals surface area (Å²) in [5.41, 5.74) is -0.576. The highest BCUT2D eigenvalue weighted by atomic mass is 16.5. The molecule has 2 heterocycles. The van der Waals surface area contributed by atoms with Crippen molar-refractivity contribution in [3.05, 3.63) is 24.3 Å². The van der Waals surface area contributed by atoms with Gasteiger partial charge in [0.25, 0.3) is 5.91 Å². The van der Waals surface area contributed by atoms with Crippen LogP contribution in [0.25, 0.3) is 0 Å². The van der Waals surface area contributed by atoms with Crippen LogP contribution < -0.4 is 9.47 Å². The number of esters is 1. The summed E-state index contributed by atoms with van der Waals surface area (Å²) in [4.78, 5) is 29.8. The Bertz CT molecular complexity index is 810. The SMILES string of the molecule is COc1ccccc1OCC(=O)N1CCCCC2(CCN(C)CC2)C(=O)OC[C@@H](O)[C@@H](O)CC1. The fraction of sp³-hybridized carbons (Fsp3) is 0.680. The van der Waals surface area contributed by atoms with Gasteiger partial charge in [0.2, 0.25) is 0 Å². The topological polar surface area (TPSA) is 109 Å². The van der Waals surface area contributed by atoms with E-state index in [1.165, 1.54) is 0 Å². The predicted octanol–water partition coefficient (Wildman–Crippen LogP) is 1.45. The monoisotopic (exact) mass is 478 g/mol. The van der Waals surface area contributed by atoms with Crippen LogP contribution in [-0.4, -0.2) is 97.6 Å². The van der Waals surface area contributed by atoms with Crippen LogP contribution in [-0.2, 0) is 14.3 Å². The molecule has 9 nitrogen and oxygen atoms in total. The first-order chi connectivity index (χ1) is 16.3. The molecule has 1 spiro atoms. The first kappa shape index (κ1) is 26.2. The highest BCUT2D eigenvalue weighted by molar-refractivity contribution is 5.78. The summed E-state index contributed by atoms with van der Waals surface area (Å²) in [5, 5.41) is 20.7. The molecular weight excluding hydrogens is 440 g/mol. The van der Waals surface area contributed by atoms with Crippen molar-refractivity contribution in [1.29, 1.82) is 0 Å². The fourth-order valence-electron chi connectivity index (χ4n) is 4.60. The molecule has 0 aliphatic carbocycles. The third kappa shape index (κ3) is 6.84. The lowest BCUT2D eigenvalue weighted by molar-refractivity contribution is -0.164. The van der Waals surface area contributed by atoms with E-state index in [0.29, 0.717) is 37.3 Å². The zero-order chi connectivity index (χ0) is 24.6. The van der Waals surface area contributed by atoms with Crippen LogP contribution in [0.5, 0.6) is 11.5 Å². The average Bonchev–Trinajstić information content (AvgIpc) is 2.86. The molecule has 2 aliphatic heterocycles. The molecule has 1 amide bonds. The summed E-state index contributed by atoms with van der Waals surface area (Å²) in [6.45, 7) is 1.98. The number of cyclic esters (lactones) is 1. The molecule has 0 aromatic heterocycles. The Morgan fingerprint density at radius 1 is 1.06 bits per heavy atom. The van der Waals surface area contributed by atoms with Crippen molar-refractivity contribution >= 4 is 11.9 Å². The second kappa shape index (κ2) is 12.4. The van der Waals surface area contributed by atoms with Gasteiger partial charge in [-0.05, 0) is 64.4 Å². The molecule has 2 aliphatic rings. The Morgan fingerprint density at radius 3 is 2.47 bits per heavy atom. The number of methoxy groups -OCH3 is 1. The molecule has 2 fully saturated rings. The predicted molar refractivity (Wildman–Crippen MR) is 126 cm³/mol. The van der Waals surface area contributed by atoms with Gasteiger partial charge >= 0.3 is 5.97 Å². The van der Waals surface area contributed by atoms with Gasteiger partial charge in [0.1, 0.15) is 12.7 Å². The first-order valence-electron chi connectivity index (χ1n) is 12.1. The summed E-state index contributed by atoms with van der Waals surface area (Å²) in [7, 11) is 3.58. The molecule has 1 aromatic carbocycles. The number of carbonyl (C=O) groups excluding carboxylic acids is 2. The van der Waals surface area contributed by atoms with Gasteiger partial charge in [-0.2, -0.15) is 0 Å². The molecule has 190 valence electrons. The lowest BCUT2D eigenvalue weighted by Crippen LogP contribution is -2.45. The number of para-hydroxylation sites is 2. The van der Waals surface area contributed by atoms with Crippen molar-refractivity contribution in [2.45, 2.75) is 50.7 Å². The first-order valence-corrected chi connectivity index (χ1v) is 12.1. The number of amides is 1. The summed E-state index contributed by atoms with van der Waals surface area (Å²) in [6, 6.07) is 7.13. The number of aliphatic hydroxyl groups excluding tert-OH is 2. The lowest BCUT2D eigenvalue weighted by atomic mass is 9.74. The molecule has 0 radical (unpaired) electrons. The lowest BCUT2D eigenvalue weighted by Gasteiger charge is -2.39. The normalized spacial score (nSPS) is 24.9. The van der Waals surface area contributed by atoms with Crippen LogP contribution >= 0.6 is 0 Å². The summed E-state index contributed by atoms with van der Waals surface area (Å²) < 4.78 is 16.4. The summed E-state index contributed by atoms with van der Waals surface area (Å²) in [5.74, 6) is 0.541. The smallest absolute Gasteiger partial charge is 0.312 e. The average molecular weight is 479 g/mol. The van der Waals surface area contributed by atoms with Crippen molar-refractivity contribution in [3.63, 3.8) is 0 Å². The van der Waals surface area contributed by atoms with Crippen LogP contribution in [0, 0.1) is 5.41 Å². The van der Waals surface area contributed by atoms with Gasteiger partial charge in [0.15, 0.2) is 18.1 Å². The number of benzene rings is 1. The Balaban J connectivity index is 1.66. The third-order valence-corrected chi connectivity index (χ3v) is 7.01. The van der Waals surface area contributed by atoms with Crippen LogP contribution in [0.4, 0.5) is 0 Å². The number of rotatable bonds is 4. The zero-order valence-electron chi connectivity index (χ0n) is 20.3. The van der Waals surface area contributed by atoms with E-state index in [4.69, 9.17) is 14.2 Å². The third-order valence-electron chi connectivity index (χ3n) is 7.01. The molecule has 0 saturated carbocycles. The molecule has 34 heavy (non-hydrogen) atoms. The largest absolute Gasteiger partial charge is 0.493 e. The van der Waals surface area contributed by atoms with Crippen molar-refractivity contribution < 1.29 is 34.0 Å². The van der Waals surface area contributed by atoms with Gasteiger partial charge in [-0.15, -0.1) is 0 Å². The van der Waals surface area contributed by atoms with Crippen molar-refractivity contribution in [2.75, 3.05) is 53.6 Å². The zero-order valence-corrected chi connectivity index (χ0v) is 20.3. The number of likely N-dealkylation sites (tertiary alicyclic amines) is 1.